The molecule has 1 aromatic heterocycles. The fourth-order valence-electron chi connectivity index (χ4n) is 2.70. The average molecular weight is 335 g/mol. The number of esters is 1. The molecule has 3 aromatic rings. The second-order valence-corrected chi connectivity index (χ2v) is 5.57. The highest BCUT2D eigenvalue weighted by molar-refractivity contribution is 6.00. The van der Waals surface area contributed by atoms with Crippen LogP contribution in [0.4, 0.5) is 5.69 Å². The van der Waals surface area contributed by atoms with Gasteiger partial charge in [0, 0.05) is 17.7 Å². The van der Waals surface area contributed by atoms with Crippen LogP contribution in [0.3, 0.4) is 0 Å². The van der Waals surface area contributed by atoms with E-state index in [9.17, 15) is 9.59 Å². The second-order valence-electron chi connectivity index (χ2n) is 5.57. The lowest BCUT2D eigenvalue weighted by Gasteiger charge is -2.23. The highest BCUT2D eigenvalue weighted by atomic mass is 16.5. The first-order valence-corrected chi connectivity index (χ1v) is 7.67. The van der Waals surface area contributed by atoms with Crippen molar-refractivity contribution in [2.45, 2.75) is 12.5 Å². The van der Waals surface area contributed by atoms with Gasteiger partial charge < -0.3 is 14.5 Å². The Morgan fingerprint density at radius 3 is 2.68 bits per heavy atom. The zero-order valence-corrected chi connectivity index (χ0v) is 13.0. The highest BCUT2D eigenvalue weighted by Crippen LogP contribution is 2.22. The van der Waals surface area contributed by atoms with Crippen LogP contribution in [0.1, 0.15) is 15.9 Å². The number of benzene rings is 2. The molecule has 1 N–H and O–H groups in total. The molecule has 2 aromatic carbocycles. The molecule has 0 radical (unpaired) electrons. The topological polar surface area (TPSA) is 94.3 Å². The minimum Gasteiger partial charge on any atom is -0.448 e. The van der Waals surface area contributed by atoms with E-state index in [4.69, 9.17) is 9.15 Å². The van der Waals surface area contributed by atoms with Crippen LogP contribution in [0.15, 0.2) is 59.3 Å². The van der Waals surface area contributed by atoms with Gasteiger partial charge in [-0.25, -0.2) is 4.79 Å². The SMILES string of the molecule is O=C1O[C@@H](C(=O)Nc2ccc(-c3nnco3)cc2)Cc2ccccc21. The van der Waals surface area contributed by atoms with Gasteiger partial charge >= 0.3 is 5.97 Å². The van der Waals surface area contributed by atoms with Crippen molar-refractivity contribution in [3.05, 3.63) is 66.1 Å². The zero-order valence-electron chi connectivity index (χ0n) is 13.0. The third-order valence-corrected chi connectivity index (χ3v) is 3.94. The van der Waals surface area contributed by atoms with Gasteiger partial charge in [-0.05, 0) is 35.9 Å². The first-order chi connectivity index (χ1) is 12.2. The fraction of sp³-hybridized carbons (Fsp3) is 0.111. The number of hydrogen-bond acceptors (Lipinski definition) is 6. The highest BCUT2D eigenvalue weighted by Gasteiger charge is 2.31. The number of rotatable bonds is 3. The van der Waals surface area contributed by atoms with Crippen LogP contribution in [0.25, 0.3) is 11.5 Å². The third kappa shape index (κ3) is 2.99. The van der Waals surface area contributed by atoms with E-state index in [0.29, 0.717) is 23.6 Å². The lowest BCUT2D eigenvalue weighted by Crippen LogP contribution is -2.37. The molecule has 2 heterocycles. The molecule has 7 heteroatoms. The molecule has 0 spiro atoms. The Morgan fingerprint density at radius 1 is 1.12 bits per heavy atom. The van der Waals surface area contributed by atoms with Crippen LogP contribution < -0.4 is 5.32 Å². The Hall–Kier alpha value is -3.48. The van der Waals surface area contributed by atoms with E-state index in [1.54, 1.807) is 36.4 Å². The summed E-state index contributed by atoms with van der Waals surface area (Å²) in [5.41, 5.74) is 2.65. The number of nitrogens with zero attached hydrogens (tertiary/aromatic N) is 2. The summed E-state index contributed by atoms with van der Waals surface area (Å²) in [4.78, 5) is 24.4. The Bertz CT molecular complexity index is 920. The minimum atomic E-state index is -0.849. The molecule has 1 amide bonds. The monoisotopic (exact) mass is 335 g/mol. The molecule has 124 valence electrons. The zero-order chi connectivity index (χ0) is 17.2. The maximum absolute atomic E-state index is 12.4. The van der Waals surface area contributed by atoms with E-state index in [2.05, 4.69) is 15.5 Å². The van der Waals surface area contributed by atoms with Crippen LogP contribution in [0.2, 0.25) is 0 Å². The normalized spacial score (nSPS) is 16.0. The van der Waals surface area contributed by atoms with Crippen LogP contribution in [0.5, 0.6) is 0 Å². The number of hydrogen-bond donors (Lipinski definition) is 1. The van der Waals surface area contributed by atoms with Gasteiger partial charge in [0.25, 0.3) is 5.91 Å². The first-order valence-electron chi connectivity index (χ1n) is 7.67. The van der Waals surface area contributed by atoms with Gasteiger partial charge in [0.05, 0.1) is 5.56 Å². The molecule has 0 fully saturated rings. The van der Waals surface area contributed by atoms with Crippen LogP contribution in [0, 0.1) is 0 Å². The van der Waals surface area contributed by atoms with E-state index in [-0.39, 0.29) is 5.91 Å². The van der Waals surface area contributed by atoms with Gasteiger partial charge in [0.15, 0.2) is 6.10 Å². The molecule has 0 saturated carbocycles. The Labute approximate surface area is 142 Å². The summed E-state index contributed by atoms with van der Waals surface area (Å²) in [6, 6.07) is 14.1. The molecular formula is C18H13N3O4. The van der Waals surface area contributed by atoms with Gasteiger partial charge in [-0.15, -0.1) is 10.2 Å². The Balaban J connectivity index is 1.47. The number of amides is 1. The molecule has 25 heavy (non-hydrogen) atoms. The molecule has 0 unspecified atom stereocenters. The summed E-state index contributed by atoms with van der Waals surface area (Å²) in [5.74, 6) is -0.446. The van der Waals surface area contributed by atoms with Crippen LogP contribution >= 0.6 is 0 Å². The molecular weight excluding hydrogens is 322 g/mol. The average Bonchev–Trinajstić information content (AvgIpc) is 3.17. The molecule has 4 rings (SSSR count). The second kappa shape index (κ2) is 6.20. The van der Waals surface area contributed by atoms with Gasteiger partial charge in [-0.1, -0.05) is 18.2 Å². The number of aromatic nitrogens is 2. The smallest absolute Gasteiger partial charge is 0.339 e. The first kappa shape index (κ1) is 15.1. The lowest BCUT2D eigenvalue weighted by atomic mass is 9.98. The van der Waals surface area contributed by atoms with Gasteiger partial charge in [0.1, 0.15) is 0 Å². The number of carbonyl (C=O) groups excluding carboxylic acids is 2. The number of cyclic esters (lactones) is 1. The van der Waals surface area contributed by atoms with Crippen molar-refractivity contribution in [2.75, 3.05) is 5.32 Å². The number of fused-ring (bicyclic) bond motifs is 1. The number of carbonyl (C=O) groups is 2. The number of nitrogens with one attached hydrogen (secondary N) is 1. The van der Waals surface area contributed by atoms with Crippen molar-refractivity contribution >= 4 is 17.6 Å². The number of anilines is 1. The van der Waals surface area contributed by atoms with Gasteiger partial charge in [-0.3, -0.25) is 4.79 Å². The van der Waals surface area contributed by atoms with Gasteiger partial charge in [-0.2, -0.15) is 0 Å². The van der Waals surface area contributed by atoms with Crippen molar-refractivity contribution in [1.82, 2.24) is 10.2 Å². The summed E-state index contributed by atoms with van der Waals surface area (Å²) in [5, 5.41) is 10.2. The maximum atomic E-state index is 12.4. The quantitative estimate of drug-likeness (QED) is 0.739. The predicted octanol–water partition coefficient (Wildman–Crippen LogP) is 2.46. The molecule has 0 bridgehead atoms. The molecule has 7 nitrogen and oxygen atoms in total. The Morgan fingerprint density at radius 2 is 1.92 bits per heavy atom. The predicted molar refractivity (Wildman–Crippen MR) is 87.7 cm³/mol. The van der Waals surface area contributed by atoms with Crippen LogP contribution in [-0.2, 0) is 16.0 Å². The summed E-state index contributed by atoms with van der Waals surface area (Å²) >= 11 is 0. The third-order valence-electron chi connectivity index (χ3n) is 3.94. The molecule has 1 aliphatic rings. The fourth-order valence-corrected chi connectivity index (χ4v) is 2.70. The standard InChI is InChI=1S/C18H13N3O4/c22-16(15-9-12-3-1-2-4-14(12)18(23)25-15)20-13-7-5-11(6-8-13)17-21-19-10-24-17/h1-8,10,15H,9H2,(H,20,22)/t15-/m1/s1. The van der Waals surface area contributed by atoms with Crippen LogP contribution in [-0.4, -0.2) is 28.2 Å². The lowest BCUT2D eigenvalue weighted by molar-refractivity contribution is -0.125. The summed E-state index contributed by atoms with van der Waals surface area (Å²) in [7, 11) is 0. The van der Waals surface area contributed by atoms with E-state index >= 15 is 0 Å². The Kier molecular flexibility index (Phi) is 3.74. The minimum absolute atomic E-state index is 0.355. The summed E-state index contributed by atoms with van der Waals surface area (Å²) in [6.45, 7) is 0. The maximum Gasteiger partial charge on any atom is 0.339 e. The number of ether oxygens (including phenoxy) is 1. The summed E-state index contributed by atoms with van der Waals surface area (Å²) in [6.07, 6.45) is 0.756. The van der Waals surface area contributed by atoms with Crippen molar-refractivity contribution in [3.8, 4) is 11.5 Å². The van der Waals surface area contributed by atoms with E-state index in [1.807, 2.05) is 12.1 Å². The molecule has 0 saturated heterocycles. The van der Waals surface area contributed by atoms with Crippen molar-refractivity contribution < 1.29 is 18.7 Å². The molecule has 1 atom stereocenters. The molecule has 1 aliphatic heterocycles. The largest absolute Gasteiger partial charge is 0.448 e. The van der Waals surface area contributed by atoms with Gasteiger partial charge in [0.2, 0.25) is 12.3 Å². The van der Waals surface area contributed by atoms with Crippen molar-refractivity contribution in [2.24, 2.45) is 0 Å². The summed E-state index contributed by atoms with van der Waals surface area (Å²) < 4.78 is 10.4. The molecule has 0 aliphatic carbocycles. The van der Waals surface area contributed by atoms with Crippen molar-refractivity contribution in [1.29, 1.82) is 0 Å². The van der Waals surface area contributed by atoms with Crippen molar-refractivity contribution in [3.63, 3.8) is 0 Å². The van der Waals surface area contributed by atoms with E-state index in [0.717, 1.165) is 11.1 Å². The van der Waals surface area contributed by atoms with E-state index in [1.165, 1.54) is 6.39 Å². The van der Waals surface area contributed by atoms with E-state index < -0.39 is 12.1 Å².